The van der Waals surface area contributed by atoms with Gasteiger partial charge in [-0.3, -0.25) is 0 Å². The fourth-order valence-corrected chi connectivity index (χ4v) is 19.4. The van der Waals surface area contributed by atoms with Gasteiger partial charge in [0.15, 0.2) is 0 Å². The highest BCUT2D eigenvalue weighted by Crippen LogP contribution is 2.76. The molecule has 16 aromatic rings. The van der Waals surface area contributed by atoms with E-state index >= 15 is 0 Å². The van der Waals surface area contributed by atoms with E-state index < -0.39 is 0 Å². The minimum absolute atomic E-state index is 0.139. The molecule has 1 spiro atoms. The van der Waals surface area contributed by atoms with E-state index in [9.17, 15) is 8.78 Å². The van der Waals surface area contributed by atoms with Crippen LogP contribution in [0, 0.1) is 11.6 Å². The van der Waals surface area contributed by atoms with Gasteiger partial charge >= 0.3 is 0 Å². The molecule has 5 aliphatic rings. The molecule has 0 aromatic heterocycles. The summed E-state index contributed by atoms with van der Waals surface area (Å²) in [5.41, 5.74) is 16.1. The summed E-state index contributed by atoms with van der Waals surface area (Å²) < 4.78 is 30.0. The molecule has 0 radical (unpaired) electrons. The van der Waals surface area contributed by atoms with Crippen molar-refractivity contribution in [3.05, 3.63) is 209 Å². The van der Waals surface area contributed by atoms with Crippen LogP contribution in [0.5, 0.6) is 0 Å². The highest BCUT2D eigenvalue weighted by Gasteiger charge is 2.63. The second-order valence-electron chi connectivity index (χ2n) is 24.3. The van der Waals surface area contributed by atoms with Crippen molar-refractivity contribution in [1.29, 1.82) is 0 Å². The number of fused-ring (bicyclic) bond motifs is 1. The van der Waals surface area contributed by atoms with Gasteiger partial charge in [0.2, 0.25) is 0 Å². The lowest BCUT2D eigenvalue weighted by molar-refractivity contribution is 0.355. The lowest BCUT2D eigenvalue weighted by Gasteiger charge is -2.43. The topological polar surface area (TPSA) is 0 Å². The molecule has 0 bridgehead atoms. The Hall–Kier alpha value is -6.72. The molecule has 6 unspecified atom stereocenters. The Morgan fingerprint density at radius 2 is 0.853 bits per heavy atom. The highest BCUT2D eigenvalue weighted by molar-refractivity contribution is 9.10. The second-order valence-corrected chi connectivity index (χ2v) is 26.1. The minimum atomic E-state index is -0.170. The molecule has 0 saturated heterocycles. The Bertz CT molecular complexity index is 5100. The third-order valence-electron chi connectivity index (χ3n) is 21.1. The second kappa shape index (κ2) is 12.9. The first-order valence-electron chi connectivity index (χ1n) is 27.2. The van der Waals surface area contributed by atoms with Crippen LogP contribution in [0.2, 0.25) is 0 Å². The molecule has 1 saturated carbocycles. The molecule has 75 heavy (non-hydrogen) atoms. The molecule has 0 aliphatic heterocycles. The lowest BCUT2D eigenvalue weighted by Crippen LogP contribution is -2.37. The third kappa shape index (κ3) is 4.37. The molecule has 6 atom stereocenters. The molecule has 16 aromatic carbocycles. The summed E-state index contributed by atoms with van der Waals surface area (Å²) in [4.78, 5) is 0. The molecular weight excluding hydrogens is 1050 g/mol. The van der Waals surface area contributed by atoms with Crippen LogP contribution in [0.3, 0.4) is 0 Å². The van der Waals surface area contributed by atoms with Crippen LogP contribution in [0.1, 0.15) is 117 Å². The summed E-state index contributed by atoms with van der Waals surface area (Å²) in [7, 11) is 0. The van der Waals surface area contributed by atoms with Crippen molar-refractivity contribution in [1.82, 2.24) is 0 Å². The van der Waals surface area contributed by atoms with Crippen LogP contribution in [0.15, 0.2) is 136 Å². The predicted octanol–water partition coefficient (Wildman–Crippen LogP) is 20.3. The van der Waals surface area contributed by atoms with Crippen LogP contribution in [0.4, 0.5) is 8.78 Å². The smallest absolute Gasteiger partial charge is 0.123 e. The average Bonchev–Trinajstić information content (AvgIpc) is 4.21. The summed E-state index contributed by atoms with van der Waals surface area (Å²) in [5, 5.41) is 34.5. The zero-order valence-corrected chi connectivity index (χ0v) is 44.2. The fourth-order valence-electron chi connectivity index (χ4n) is 18.8. The van der Waals surface area contributed by atoms with E-state index in [2.05, 4.69) is 137 Å². The van der Waals surface area contributed by atoms with Crippen LogP contribution < -0.4 is 0 Å². The standard InChI is InChI=1S/C54H24BrF.C17H18BrF/c55-27-5-1-18(2-6-27)29-16-31(19-3-7-28(56)8-4-19)54-17-26-14-24-12-21-9-20-10-23-11-22-13-25-15-30(52(29)54)39-44-35(25)34(22)41-36(23)40-32(20)33(21)42-37(24)43-38(26)53(54)51(39)50-48(43)46(42)45(40)47(41)49(44)50;1-12(14-3-7-16(18)8-4-14)11-13(2)15-5-9-17(19)10-6-15/h1-8,10-12,14-15,29,31,52H,9,13,16-17H2;3-10,12-13H,11H2,1-2H3. The van der Waals surface area contributed by atoms with E-state index in [1.54, 1.807) is 153 Å². The molecular formula is C71H42Br2F2. The van der Waals surface area contributed by atoms with Crippen LogP contribution in [-0.2, 0) is 24.7 Å². The predicted molar refractivity (Wildman–Crippen MR) is 315 cm³/mol. The SMILES string of the molecule is CC(CC(C)c1ccc(Br)cc1)c1ccc(F)cc1.Fc1ccc(C2CC(c3ccc(Br)cc3)C3c4cc5c6c7c(cc8cc9c%10c%11c(cc%12cc%13c%14c(c%15c4c6c4c%15c6c%14c%12c%11c6c6c%10c8c7c46)C23C%13)C9)C5)cc1. The Morgan fingerprint density at radius 3 is 1.40 bits per heavy atom. The number of halogens is 4. The van der Waals surface area contributed by atoms with Crippen LogP contribution >= 0.6 is 31.9 Å². The van der Waals surface area contributed by atoms with Gasteiger partial charge in [0.25, 0.3) is 0 Å². The normalized spacial score (nSPS) is 21.1. The maximum atomic E-state index is 14.8. The average molecular weight is 1090 g/mol. The van der Waals surface area contributed by atoms with Crippen LogP contribution in [0.25, 0.3) is 118 Å². The maximum Gasteiger partial charge on any atom is 0.123 e. The van der Waals surface area contributed by atoms with E-state index in [0.29, 0.717) is 23.7 Å². The highest BCUT2D eigenvalue weighted by atomic mass is 79.9. The quantitative estimate of drug-likeness (QED) is 0.146. The van der Waals surface area contributed by atoms with Gasteiger partial charge in [-0.05, 0) is 284 Å². The lowest BCUT2D eigenvalue weighted by atomic mass is 9.58. The summed E-state index contributed by atoms with van der Waals surface area (Å²) >= 11 is 7.23. The zero-order chi connectivity index (χ0) is 49.1. The molecule has 0 nitrogen and oxygen atoms in total. The Morgan fingerprint density at radius 1 is 0.440 bits per heavy atom. The number of rotatable bonds is 6. The summed E-state index contributed by atoms with van der Waals surface area (Å²) in [6.45, 7) is 4.44. The van der Waals surface area contributed by atoms with Crippen molar-refractivity contribution in [2.45, 2.75) is 81.0 Å². The summed E-state index contributed by atoms with van der Waals surface area (Å²) in [5.74, 6) is 1.51. The van der Waals surface area contributed by atoms with E-state index in [1.165, 1.54) is 50.7 Å². The Balaban J connectivity index is 0.000000190. The monoisotopic (exact) mass is 1090 g/mol. The van der Waals surface area contributed by atoms with Crippen molar-refractivity contribution >= 4 is 150 Å². The molecule has 0 amide bonds. The molecule has 354 valence electrons. The molecule has 0 N–H and O–H groups in total. The van der Waals surface area contributed by atoms with Gasteiger partial charge in [0, 0.05) is 20.3 Å². The van der Waals surface area contributed by atoms with Crippen molar-refractivity contribution in [2.75, 3.05) is 0 Å². The van der Waals surface area contributed by atoms with Crippen molar-refractivity contribution in [2.24, 2.45) is 0 Å². The van der Waals surface area contributed by atoms with Gasteiger partial charge in [-0.1, -0.05) is 125 Å². The number of hydrogen-bond donors (Lipinski definition) is 0. The van der Waals surface area contributed by atoms with E-state index in [0.717, 1.165) is 41.0 Å². The Labute approximate surface area is 446 Å². The minimum Gasteiger partial charge on any atom is -0.207 e. The van der Waals surface area contributed by atoms with Gasteiger partial charge in [-0.25, -0.2) is 8.78 Å². The van der Waals surface area contributed by atoms with E-state index in [-0.39, 0.29) is 23.0 Å². The van der Waals surface area contributed by atoms with Gasteiger partial charge in [0.05, 0.1) is 0 Å². The van der Waals surface area contributed by atoms with E-state index in [4.69, 9.17) is 0 Å². The Kier molecular flexibility index (Phi) is 6.99. The van der Waals surface area contributed by atoms with Gasteiger partial charge in [-0.15, -0.1) is 0 Å². The number of hydrogen-bond acceptors (Lipinski definition) is 0. The molecule has 1 fully saturated rings. The first kappa shape index (κ1) is 40.6. The molecule has 21 rings (SSSR count). The van der Waals surface area contributed by atoms with Crippen molar-refractivity contribution in [3.63, 3.8) is 0 Å². The first-order valence-corrected chi connectivity index (χ1v) is 28.8. The van der Waals surface area contributed by atoms with Crippen molar-refractivity contribution < 1.29 is 8.78 Å². The fraction of sp³-hybridized carbons (Fsp3) is 0.183. The first-order chi connectivity index (χ1) is 36.6. The molecule has 4 heteroatoms. The van der Waals surface area contributed by atoms with Crippen LogP contribution in [-0.4, -0.2) is 0 Å². The summed E-state index contributed by atoms with van der Waals surface area (Å²) in [6.07, 6.45) is 5.21. The largest absolute Gasteiger partial charge is 0.207 e. The molecule has 0 heterocycles. The number of benzene rings is 13. The maximum absolute atomic E-state index is 14.8. The van der Waals surface area contributed by atoms with Crippen molar-refractivity contribution in [3.8, 4) is 0 Å². The van der Waals surface area contributed by atoms with Gasteiger partial charge in [-0.2, -0.15) is 0 Å². The third-order valence-corrected chi connectivity index (χ3v) is 22.2. The van der Waals surface area contributed by atoms with E-state index in [1.807, 2.05) is 12.1 Å². The molecule has 5 aliphatic carbocycles. The van der Waals surface area contributed by atoms with Gasteiger partial charge < -0.3 is 0 Å². The van der Waals surface area contributed by atoms with Gasteiger partial charge in [0.1, 0.15) is 11.6 Å². The summed E-state index contributed by atoms with van der Waals surface area (Å²) in [6, 6.07) is 45.6. The zero-order valence-electron chi connectivity index (χ0n) is 41.1.